The average molecular weight is 274 g/mol. The minimum Gasteiger partial charge on any atom is -0.323 e. The Morgan fingerprint density at radius 3 is 2.30 bits per heavy atom. The van der Waals surface area contributed by atoms with Crippen LogP contribution in [0.4, 0.5) is 0 Å². The van der Waals surface area contributed by atoms with Crippen LogP contribution in [-0.4, -0.2) is 23.5 Å². The van der Waals surface area contributed by atoms with Gasteiger partial charge in [-0.2, -0.15) is 0 Å². The predicted molar refractivity (Wildman–Crippen MR) is 86.7 cm³/mol. The number of nitrogens with zero attached hydrogens (tertiary/aromatic N) is 1. The molecular weight excluding hydrogens is 244 g/mol. The highest BCUT2D eigenvalue weighted by Gasteiger charge is 2.29. The van der Waals surface area contributed by atoms with Crippen molar-refractivity contribution in [2.24, 2.45) is 5.73 Å². The maximum atomic E-state index is 6.59. The number of hydrogen-bond donors (Lipinski definition) is 1. The fraction of sp³-hybridized carbons (Fsp3) is 0.667. The molecule has 0 radical (unpaired) electrons. The van der Waals surface area contributed by atoms with E-state index < -0.39 is 0 Å². The van der Waals surface area contributed by atoms with E-state index in [0.29, 0.717) is 6.04 Å². The van der Waals surface area contributed by atoms with Crippen LogP contribution in [0.2, 0.25) is 0 Å². The fourth-order valence-corrected chi connectivity index (χ4v) is 3.77. The highest BCUT2D eigenvalue weighted by Crippen LogP contribution is 2.29. The Labute approximate surface area is 124 Å². The topological polar surface area (TPSA) is 29.3 Å². The smallest absolute Gasteiger partial charge is 0.0453 e. The quantitative estimate of drug-likeness (QED) is 0.845. The molecule has 0 aliphatic heterocycles. The molecule has 1 aromatic carbocycles. The Bertz CT molecular complexity index is 370. The van der Waals surface area contributed by atoms with Crippen LogP contribution in [0.1, 0.15) is 64.0 Å². The average Bonchev–Trinajstić information content (AvgIpc) is 2.53. The molecule has 0 aromatic heterocycles. The first-order chi connectivity index (χ1) is 9.77. The van der Waals surface area contributed by atoms with Crippen LogP contribution in [-0.2, 0) is 0 Å². The van der Waals surface area contributed by atoms with E-state index in [4.69, 9.17) is 5.73 Å². The molecule has 2 heteroatoms. The van der Waals surface area contributed by atoms with Crippen LogP contribution in [0.25, 0.3) is 0 Å². The lowest BCUT2D eigenvalue weighted by atomic mass is 9.90. The molecule has 0 saturated heterocycles. The monoisotopic (exact) mass is 274 g/mol. The Kier molecular flexibility index (Phi) is 6.06. The van der Waals surface area contributed by atoms with E-state index in [1.807, 2.05) is 0 Å². The molecule has 2 atom stereocenters. The zero-order valence-electron chi connectivity index (χ0n) is 13.1. The van der Waals surface area contributed by atoms with Gasteiger partial charge in [0.25, 0.3) is 0 Å². The Morgan fingerprint density at radius 1 is 1.10 bits per heavy atom. The maximum Gasteiger partial charge on any atom is 0.0453 e. The molecule has 1 aromatic rings. The molecule has 20 heavy (non-hydrogen) atoms. The minimum atomic E-state index is 0.128. The van der Waals surface area contributed by atoms with E-state index in [0.717, 1.165) is 19.0 Å². The van der Waals surface area contributed by atoms with Gasteiger partial charge in [0.1, 0.15) is 0 Å². The minimum absolute atomic E-state index is 0.128. The summed E-state index contributed by atoms with van der Waals surface area (Å²) >= 11 is 0. The number of rotatable bonds is 6. The summed E-state index contributed by atoms with van der Waals surface area (Å²) < 4.78 is 0. The molecule has 1 saturated carbocycles. The van der Waals surface area contributed by atoms with Crippen LogP contribution in [0.3, 0.4) is 0 Å². The summed E-state index contributed by atoms with van der Waals surface area (Å²) in [6, 6.07) is 11.9. The molecular formula is C18H30N2. The summed E-state index contributed by atoms with van der Waals surface area (Å²) in [6.07, 6.45) is 8.02. The molecule has 1 fully saturated rings. The molecule has 2 nitrogen and oxygen atoms in total. The number of benzene rings is 1. The lowest BCUT2D eigenvalue weighted by molar-refractivity contribution is 0.0916. The van der Waals surface area contributed by atoms with Crippen molar-refractivity contribution in [2.45, 2.75) is 70.5 Å². The first-order valence-corrected chi connectivity index (χ1v) is 8.34. The Balaban J connectivity index is 2.11. The molecule has 0 heterocycles. The molecule has 0 bridgehead atoms. The van der Waals surface area contributed by atoms with Gasteiger partial charge >= 0.3 is 0 Å². The van der Waals surface area contributed by atoms with Crippen LogP contribution in [0.5, 0.6) is 0 Å². The molecule has 1 aliphatic rings. The third kappa shape index (κ3) is 3.62. The van der Waals surface area contributed by atoms with Gasteiger partial charge in [0.2, 0.25) is 0 Å². The van der Waals surface area contributed by atoms with E-state index in [9.17, 15) is 0 Å². The number of nitrogens with two attached hydrogens (primary N) is 1. The van der Waals surface area contributed by atoms with Crippen molar-refractivity contribution in [2.75, 3.05) is 6.54 Å². The first-order valence-electron chi connectivity index (χ1n) is 8.34. The van der Waals surface area contributed by atoms with Crippen molar-refractivity contribution < 1.29 is 0 Å². The third-order valence-corrected chi connectivity index (χ3v) is 4.85. The second kappa shape index (κ2) is 7.80. The van der Waals surface area contributed by atoms with Crippen molar-refractivity contribution in [1.82, 2.24) is 4.90 Å². The van der Waals surface area contributed by atoms with E-state index in [1.54, 1.807) is 0 Å². The van der Waals surface area contributed by atoms with Gasteiger partial charge in [0, 0.05) is 18.1 Å². The predicted octanol–water partition coefficient (Wildman–Crippen LogP) is 4.12. The van der Waals surface area contributed by atoms with Gasteiger partial charge in [-0.25, -0.2) is 0 Å². The lowest BCUT2D eigenvalue weighted by Gasteiger charge is -2.41. The highest BCUT2D eigenvalue weighted by molar-refractivity contribution is 5.20. The van der Waals surface area contributed by atoms with Gasteiger partial charge in [-0.3, -0.25) is 4.90 Å². The normalized spacial score (nSPS) is 20.0. The summed E-state index contributed by atoms with van der Waals surface area (Å²) in [5.41, 5.74) is 7.86. The second-order valence-electron chi connectivity index (χ2n) is 6.03. The molecule has 2 unspecified atom stereocenters. The van der Waals surface area contributed by atoms with Crippen molar-refractivity contribution in [1.29, 1.82) is 0 Å². The van der Waals surface area contributed by atoms with Crippen molar-refractivity contribution >= 4 is 0 Å². The van der Waals surface area contributed by atoms with Gasteiger partial charge in [-0.15, -0.1) is 0 Å². The standard InChI is InChI=1S/C18H30N2/c1-3-17(18(19)15-11-7-5-8-12-15)20(4-2)16-13-9-6-10-14-16/h5,7-8,11-12,16-18H,3-4,6,9-10,13-14,19H2,1-2H3. The molecule has 112 valence electrons. The molecule has 0 amide bonds. The zero-order valence-corrected chi connectivity index (χ0v) is 13.1. The summed E-state index contributed by atoms with van der Waals surface area (Å²) in [4.78, 5) is 2.68. The Morgan fingerprint density at radius 2 is 1.75 bits per heavy atom. The summed E-state index contributed by atoms with van der Waals surface area (Å²) in [6.45, 7) is 5.68. The van der Waals surface area contributed by atoms with Crippen molar-refractivity contribution in [3.63, 3.8) is 0 Å². The van der Waals surface area contributed by atoms with Gasteiger partial charge in [0.05, 0.1) is 0 Å². The second-order valence-corrected chi connectivity index (χ2v) is 6.03. The van der Waals surface area contributed by atoms with E-state index in [1.165, 1.54) is 37.7 Å². The zero-order chi connectivity index (χ0) is 14.4. The van der Waals surface area contributed by atoms with Crippen molar-refractivity contribution in [3.8, 4) is 0 Å². The molecule has 1 aliphatic carbocycles. The largest absolute Gasteiger partial charge is 0.323 e. The van der Waals surface area contributed by atoms with Gasteiger partial charge in [0.15, 0.2) is 0 Å². The summed E-state index contributed by atoms with van der Waals surface area (Å²) in [5.74, 6) is 0. The van der Waals surface area contributed by atoms with Gasteiger partial charge in [-0.1, -0.05) is 63.4 Å². The maximum absolute atomic E-state index is 6.59. The SMILES string of the molecule is CCC(C(N)c1ccccc1)N(CC)C1CCCCC1. The van der Waals surface area contributed by atoms with Gasteiger partial charge < -0.3 is 5.73 Å². The lowest BCUT2D eigenvalue weighted by Crippen LogP contribution is -2.48. The van der Waals surface area contributed by atoms with Crippen molar-refractivity contribution in [3.05, 3.63) is 35.9 Å². The fourth-order valence-electron chi connectivity index (χ4n) is 3.77. The van der Waals surface area contributed by atoms with Crippen LogP contribution < -0.4 is 5.73 Å². The summed E-state index contributed by atoms with van der Waals surface area (Å²) in [5, 5.41) is 0. The van der Waals surface area contributed by atoms with Crippen LogP contribution >= 0.6 is 0 Å². The number of likely N-dealkylation sites (N-methyl/N-ethyl adjacent to an activating group) is 1. The van der Waals surface area contributed by atoms with E-state index in [-0.39, 0.29) is 6.04 Å². The van der Waals surface area contributed by atoms with E-state index in [2.05, 4.69) is 49.1 Å². The molecule has 2 N–H and O–H groups in total. The first kappa shape index (κ1) is 15.5. The molecule has 0 spiro atoms. The molecule has 2 rings (SSSR count). The van der Waals surface area contributed by atoms with Crippen LogP contribution in [0, 0.1) is 0 Å². The highest BCUT2D eigenvalue weighted by atomic mass is 15.2. The van der Waals surface area contributed by atoms with E-state index >= 15 is 0 Å². The summed E-state index contributed by atoms with van der Waals surface area (Å²) in [7, 11) is 0. The van der Waals surface area contributed by atoms with Crippen LogP contribution in [0.15, 0.2) is 30.3 Å². The third-order valence-electron chi connectivity index (χ3n) is 4.85. The Hall–Kier alpha value is -0.860. The van der Waals surface area contributed by atoms with Gasteiger partial charge in [-0.05, 0) is 31.4 Å². The number of hydrogen-bond acceptors (Lipinski definition) is 2.